The van der Waals surface area contributed by atoms with Crippen LogP contribution in [-0.4, -0.2) is 64.4 Å². The van der Waals surface area contributed by atoms with E-state index < -0.39 is 46.3 Å². The minimum atomic E-state index is -4.45. The number of hydrogen-bond acceptors (Lipinski definition) is 7. The summed E-state index contributed by atoms with van der Waals surface area (Å²) in [6.45, 7) is 0. The predicted octanol–water partition coefficient (Wildman–Crippen LogP) is -3.12. The van der Waals surface area contributed by atoms with Crippen molar-refractivity contribution in [2.45, 2.75) is 24.4 Å². The number of rotatable bonds is 2. The molecule has 88 valence electrons. The van der Waals surface area contributed by atoms with Crippen LogP contribution >= 0.6 is 0 Å². The Morgan fingerprint density at radius 3 is 2.20 bits per heavy atom. The first-order chi connectivity index (χ1) is 6.72. The molecule has 0 aromatic rings. The first-order valence-electron chi connectivity index (χ1n) is 3.92. The van der Waals surface area contributed by atoms with Gasteiger partial charge in [-0.05, 0) is 0 Å². The minimum absolute atomic E-state index is 1.04. The van der Waals surface area contributed by atoms with Crippen LogP contribution in [0.25, 0.3) is 0 Å². The summed E-state index contributed by atoms with van der Waals surface area (Å²) in [4.78, 5) is 10.8. The molecular weight excluding hydrogens is 232 g/mol. The average Bonchev–Trinajstić information content (AvgIpc) is 2.08. The smallest absolute Gasteiger partial charge is 0.338 e. The molecule has 0 aromatic carbocycles. The summed E-state index contributed by atoms with van der Waals surface area (Å²) in [5.41, 5.74) is 0. The van der Waals surface area contributed by atoms with Crippen LogP contribution < -0.4 is 0 Å². The third kappa shape index (κ3) is 2.86. The van der Waals surface area contributed by atoms with Gasteiger partial charge >= 0.3 is 5.97 Å². The van der Waals surface area contributed by atoms with E-state index in [0.29, 0.717) is 0 Å². The van der Waals surface area contributed by atoms with E-state index in [4.69, 9.17) is 14.8 Å². The summed E-state index contributed by atoms with van der Waals surface area (Å²) in [5.74, 6) is -2.29. The van der Waals surface area contributed by atoms with E-state index in [1.54, 1.807) is 0 Å². The van der Waals surface area contributed by atoms with Gasteiger partial charge in [-0.3, -0.25) is 4.55 Å². The molecule has 1 aliphatic heterocycles. The van der Waals surface area contributed by atoms with Crippen molar-refractivity contribution in [2.24, 2.45) is 0 Å². The molecule has 0 bridgehead atoms. The summed E-state index contributed by atoms with van der Waals surface area (Å²) in [7, 11) is -4.45. The SMILES string of the molecule is O=C1OC(CS(=O)(=O)O)C(O)C(O)C1O. The van der Waals surface area contributed by atoms with Crippen molar-refractivity contribution in [3.63, 3.8) is 0 Å². The zero-order valence-corrected chi connectivity index (χ0v) is 8.16. The Kier molecular flexibility index (Phi) is 3.31. The number of carbonyl (C=O) groups excluding carboxylic acids is 1. The molecule has 0 aromatic heterocycles. The molecule has 1 fully saturated rings. The predicted molar refractivity (Wildman–Crippen MR) is 44.3 cm³/mol. The molecule has 8 nitrogen and oxygen atoms in total. The van der Waals surface area contributed by atoms with Gasteiger partial charge in [0.05, 0.1) is 0 Å². The number of cyclic esters (lactones) is 1. The molecule has 1 aliphatic rings. The molecule has 4 unspecified atom stereocenters. The minimum Gasteiger partial charge on any atom is -0.456 e. The highest BCUT2D eigenvalue weighted by atomic mass is 32.2. The molecule has 1 heterocycles. The van der Waals surface area contributed by atoms with E-state index in [2.05, 4.69) is 4.74 Å². The molecule has 0 saturated carbocycles. The van der Waals surface area contributed by atoms with Gasteiger partial charge in [0, 0.05) is 0 Å². The fourth-order valence-corrected chi connectivity index (χ4v) is 1.86. The van der Waals surface area contributed by atoms with Crippen molar-refractivity contribution in [3.8, 4) is 0 Å². The zero-order chi connectivity index (χ0) is 11.8. The molecule has 15 heavy (non-hydrogen) atoms. The van der Waals surface area contributed by atoms with Gasteiger partial charge in [0.2, 0.25) is 0 Å². The summed E-state index contributed by atoms with van der Waals surface area (Å²) in [6, 6.07) is 0. The zero-order valence-electron chi connectivity index (χ0n) is 7.35. The van der Waals surface area contributed by atoms with E-state index in [1.165, 1.54) is 0 Å². The third-order valence-corrected chi connectivity index (χ3v) is 2.69. The lowest BCUT2D eigenvalue weighted by molar-refractivity contribution is -0.199. The van der Waals surface area contributed by atoms with Crippen molar-refractivity contribution >= 4 is 16.1 Å². The van der Waals surface area contributed by atoms with Gasteiger partial charge in [0.15, 0.2) is 6.10 Å². The molecule has 1 rings (SSSR count). The second-order valence-electron chi connectivity index (χ2n) is 3.15. The van der Waals surface area contributed by atoms with Crippen molar-refractivity contribution < 1.29 is 37.8 Å². The molecule has 0 aliphatic carbocycles. The highest BCUT2D eigenvalue weighted by Crippen LogP contribution is 2.17. The summed E-state index contributed by atoms with van der Waals surface area (Å²) in [6.07, 6.45) is -7.11. The molecule has 1 saturated heterocycles. The van der Waals surface area contributed by atoms with Gasteiger partial charge in [0.25, 0.3) is 10.1 Å². The molecule has 4 N–H and O–H groups in total. The van der Waals surface area contributed by atoms with Crippen LogP contribution in [0.3, 0.4) is 0 Å². The molecular formula is C6H10O8S. The standard InChI is InChI=1S/C6H10O8S/c7-3-2(1-15(11,12)13)14-6(10)5(9)4(3)8/h2-5,7-9H,1H2,(H,11,12,13). The van der Waals surface area contributed by atoms with Crippen molar-refractivity contribution in [1.82, 2.24) is 0 Å². The second-order valence-corrected chi connectivity index (χ2v) is 4.65. The van der Waals surface area contributed by atoms with Gasteiger partial charge in [-0.1, -0.05) is 0 Å². The van der Waals surface area contributed by atoms with E-state index >= 15 is 0 Å². The molecule has 0 radical (unpaired) electrons. The normalized spacial score (nSPS) is 37.5. The van der Waals surface area contributed by atoms with Crippen LogP contribution in [0.5, 0.6) is 0 Å². The largest absolute Gasteiger partial charge is 0.456 e. The van der Waals surface area contributed by atoms with E-state index in [0.717, 1.165) is 0 Å². The quantitative estimate of drug-likeness (QED) is 0.294. The fourth-order valence-electron chi connectivity index (χ4n) is 1.17. The van der Waals surface area contributed by atoms with Crippen LogP contribution in [0.1, 0.15) is 0 Å². The van der Waals surface area contributed by atoms with Crippen LogP contribution in [-0.2, 0) is 19.6 Å². The lowest BCUT2D eigenvalue weighted by Gasteiger charge is -2.33. The number of aliphatic hydroxyl groups excluding tert-OH is 3. The maximum atomic E-state index is 10.8. The fraction of sp³-hybridized carbons (Fsp3) is 0.833. The second kappa shape index (κ2) is 4.02. The van der Waals surface area contributed by atoms with Crippen LogP contribution in [0, 0.1) is 0 Å². The van der Waals surface area contributed by atoms with E-state index in [1.807, 2.05) is 0 Å². The Balaban J connectivity index is 2.80. The Morgan fingerprint density at radius 2 is 1.73 bits per heavy atom. The van der Waals surface area contributed by atoms with Gasteiger partial charge < -0.3 is 20.1 Å². The average molecular weight is 242 g/mol. The van der Waals surface area contributed by atoms with Gasteiger partial charge in [-0.15, -0.1) is 0 Å². The number of ether oxygens (including phenoxy) is 1. The Bertz CT molecular complexity index is 348. The first-order valence-corrected chi connectivity index (χ1v) is 5.53. The monoisotopic (exact) mass is 242 g/mol. The molecule has 9 heteroatoms. The first kappa shape index (κ1) is 12.3. The summed E-state index contributed by atoms with van der Waals surface area (Å²) >= 11 is 0. The lowest BCUT2D eigenvalue weighted by atomic mass is 10.0. The highest BCUT2D eigenvalue weighted by molar-refractivity contribution is 7.85. The van der Waals surface area contributed by atoms with Crippen LogP contribution in [0.2, 0.25) is 0 Å². The number of aliphatic hydroxyl groups is 3. The maximum absolute atomic E-state index is 10.8. The van der Waals surface area contributed by atoms with Crippen LogP contribution in [0.4, 0.5) is 0 Å². The highest BCUT2D eigenvalue weighted by Gasteiger charge is 2.45. The molecule has 0 amide bonds. The van der Waals surface area contributed by atoms with Gasteiger partial charge in [0.1, 0.15) is 24.1 Å². The third-order valence-electron chi connectivity index (χ3n) is 1.94. The van der Waals surface area contributed by atoms with Crippen molar-refractivity contribution in [2.75, 3.05) is 5.75 Å². The Morgan fingerprint density at radius 1 is 1.20 bits per heavy atom. The maximum Gasteiger partial charge on any atom is 0.338 e. The van der Waals surface area contributed by atoms with E-state index in [9.17, 15) is 18.3 Å². The number of hydrogen-bond donors (Lipinski definition) is 4. The number of esters is 1. The van der Waals surface area contributed by atoms with Crippen LogP contribution in [0.15, 0.2) is 0 Å². The van der Waals surface area contributed by atoms with Crippen molar-refractivity contribution in [3.05, 3.63) is 0 Å². The molecule has 4 atom stereocenters. The molecule has 0 spiro atoms. The summed E-state index contributed by atoms with van der Waals surface area (Å²) in [5, 5.41) is 27.3. The summed E-state index contributed by atoms with van der Waals surface area (Å²) < 4.78 is 33.7. The van der Waals surface area contributed by atoms with Gasteiger partial charge in [-0.25, -0.2) is 4.79 Å². The van der Waals surface area contributed by atoms with Crippen molar-refractivity contribution in [1.29, 1.82) is 0 Å². The number of carbonyl (C=O) groups is 1. The lowest BCUT2D eigenvalue weighted by Crippen LogP contribution is -2.57. The Hall–Kier alpha value is -0.740. The topological polar surface area (TPSA) is 141 Å². The van der Waals surface area contributed by atoms with E-state index in [-0.39, 0.29) is 0 Å². The van der Waals surface area contributed by atoms with Gasteiger partial charge in [-0.2, -0.15) is 8.42 Å². The Labute approximate surface area is 84.8 Å².